The van der Waals surface area contributed by atoms with E-state index < -0.39 is 0 Å². The van der Waals surface area contributed by atoms with Gasteiger partial charge in [0, 0.05) is 12.4 Å². The van der Waals surface area contributed by atoms with E-state index in [1.807, 2.05) is 6.07 Å². The van der Waals surface area contributed by atoms with Crippen molar-refractivity contribution < 1.29 is 0 Å². The van der Waals surface area contributed by atoms with Gasteiger partial charge in [0.05, 0.1) is 11.3 Å². The fraction of sp³-hybridized carbons (Fsp3) is 0. The molecule has 0 aliphatic carbocycles. The van der Waals surface area contributed by atoms with Crippen LogP contribution in [0.1, 0.15) is 5.56 Å². The fourth-order valence-corrected chi connectivity index (χ4v) is 2.02. The highest BCUT2D eigenvalue weighted by atomic mass is 35.5. The summed E-state index contributed by atoms with van der Waals surface area (Å²) in [5, 5.41) is 12.6. The number of hydrogen-bond acceptors (Lipinski definition) is 6. The van der Waals surface area contributed by atoms with Gasteiger partial charge in [0.1, 0.15) is 17.0 Å². The Labute approximate surface area is 153 Å². The van der Waals surface area contributed by atoms with E-state index in [0.717, 1.165) is 0 Å². The third kappa shape index (κ3) is 5.63. The van der Waals surface area contributed by atoms with Gasteiger partial charge < -0.3 is 5.32 Å². The van der Waals surface area contributed by atoms with Gasteiger partial charge in [-0.25, -0.2) is 19.9 Å². The molecule has 2 heterocycles. The Morgan fingerprint density at radius 1 is 0.875 bits per heavy atom. The lowest BCUT2D eigenvalue weighted by molar-refractivity contribution is 1.17. The number of aromatic nitrogens is 4. The van der Waals surface area contributed by atoms with Crippen LogP contribution in [0, 0.1) is 11.3 Å². The van der Waals surface area contributed by atoms with Crippen molar-refractivity contribution in [1.29, 1.82) is 5.26 Å². The van der Waals surface area contributed by atoms with Crippen LogP contribution in [0.15, 0.2) is 48.8 Å². The van der Waals surface area contributed by atoms with Gasteiger partial charge in [-0.1, -0.05) is 23.7 Å². The maximum atomic E-state index is 8.90. The first kappa shape index (κ1) is 17.9. The third-order valence-corrected chi connectivity index (χ3v) is 3.10. The molecule has 2 aromatic heterocycles. The standard InChI is InChI=1S/C11H7ClN4.C4H2Cl2N2/c12-11-14-6-5-10(16-11)15-9-4-2-1-3-8(9)7-13;5-3-1-2-7-4(6)8-3/h1-6H,(H,14,15,16);1-2H. The van der Waals surface area contributed by atoms with Crippen molar-refractivity contribution in [3.8, 4) is 6.07 Å². The quantitative estimate of drug-likeness (QED) is 0.520. The van der Waals surface area contributed by atoms with Crippen molar-refractivity contribution in [2.24, 2.45) is 0 Å². The summed E-state index contributed by atoms with van der Waals surface area (Å²) in [6.07, 6.45) is 3.05. The smallest absolute Gasteiger partial charge is 0.224 e. The van der Waals surface area contributed by atoms with E-state index in [0.29, 0.717) is 22.2 Å². The summed E-state index contributed by atoms with van der Waals surface area (Å²) in [5.41, 5.74) is 1.25. The molecular weight excluding hydrogens is 371 g/mol. The number of nitrogens with zero attached hydrogens (tertiary/aromatic N) is 5. The number of hydrogen-bond donors (Lipinski definition) is 1. The molecule has 3 rings (SSSR count). The molecule has 0 saturated heterocycles. The molecule has 0 atom stereocenters. The average Bonchev–Trinajstić information content (AvgIpc) is 2.56. The minimum atomic E-state index is 0.166. The van der Waals surface area contributed by atoms with Crippen LogP contribution in [-0.2, 0) is 0 Å². The van der Waals surface area contributed by atoms with E-state index in [1.54, 1.807) is 36.5 Å². The lowest BCUT2D eigenvalue weighted by atomic mass is 10.2. The van der Waals surface area contributed by atoms with Gasteiger partial charge in [-0.3, -0.25) is 0 Å². The second-order valence-electron chi connectivity index (χ2n) is 4.14. The summed E-state index contributed by atoms with van der Waals surface area (Å²) in [6, 6.07) is 12.5. The summed E-state index contributed by atoms with van der Waals surface area (Å²) in [7, 11) is 0. The van der Waals surface area contributed by atoms with Gasteiger partial charge >= 0.3 is 0 Å². The molecule has 0 radical (unpaired) electrons. The molecule has 0 unspecified atom stereocenters. The van der Waals surface area contributed by atoms with Crippen LogP contribution in [0.2, 0.25) is 15.7 Å². The van der Waals surface area contributed by atoms with Crippen LogP contribution >= 0.6 is 34.8 Å². The fourth-order valence-electron chi connectivity index (χ4n) is 1.55. The summed E-state index contributed by atoms with van der Waals surface area (Å²) >= 11 is 16.4. The molecule has 0 bridgehead atoms. The van der Waals surface area contributed by atoms with Crippen molar-refractivity contribution in [3.05, 3.63) is 70.1 Å². The molecule has 0 aliphatic rings. The molecule has 1 aromatic carbocycles. The minimum absolute atomic E-state index is 0.166. The molecule has 1 N–H and O–H groups in total. The monoisotopic (exact) mass is 378 g/mol. The molecular formula is C15H9Cl3N6. The van der Waals surface area contributed by atoms with Crippen molar-refractivity contribution >= 4 is 46.3 Å². The summed E-state index contributed by atoms with van der Waals surface area (Å²) in [5.74, 6) is 0.558. The van der Waals surface area contributed by atoms with E-state index in [1.165, 1.54) is 6.20 Å². The SMILES string of the molecule is Clc1ccnc(Cl)n1.N#Cc1ccccc1Nc1ccnc(Cl)n1. The van der Waals surface area contributed by atoms with E-state index >= 15 is 0 Å². The van der Waals surface area contributed by atoms with Gasteiger partial charge in [-0.15, -0.1) is 0 Å². The Balaban J connectivity index is 0.000000219. The number of benzene rings is 1. The zero-order valence-corrected chi connectivity index (χ0v) is 14.3. The number of para-hydroxylation sites is 1. The van der Waals surface area contributed by atoms with Crippen molar-refractivity contribution in [1.82, 2.24) is 19.9 Å². The van der Waals surface area contributed by atoms with Gasteiger partial charge in [-0.2, -0.15) is 5.26 Å². The van der Waals surface area contributed by atoms with Crippen LogP contribution in [0.4, 0.5) is 11.5 Å². The van der Waals surface area contributed by atoms with E-state index in [-0.39, 0.29) is 10.6 Å². The summed E-state index contributed by atoms with van der Waals surface area (Å²) in [4.78, 5) is 15.0. The maximum Gasteiger partial charge on any atom is 0.224 e. The zero-order valence-electron chi connectivity index (χ0n) is 12.0. The number of nitriles is 1. The number of rotatable bonds is 2. The lowest BCUT2D eigenvalue weighted by Gasteiger charge is -2.06. The lowest BCUT2D eigenvalue weighted by Crippen LogP contribution is -1.96. The Bertz CT molecular complexity index is 848. The summed E-state index contributed by atoms with van der Waals surface area (Å²) < 4.78 is 0. The Kier molecular flexibility index (Phi) is 6.70. The Morgan fingerprint density at radius 2 is 1.54 bits per heavy atom. The number of nitrogens with one attached hydrogen (secondary N) is 1. The predicted octanol–water partition coefficient (Wildman–Crippen LogP) is 4.53. The van der Waals surface area contributed by atoms with Gasteiger partial charge in [-0.05, 0) is 47.5 Å². The third-order valence-electron chi connectivity index (χ3n) is 2.53. The second kappa shape index (κ2) is 8.99. The number of anilines is 2. The highest BCUT2D eigenvalue weighted by Gasteiger charge is 2.02. The first-order valence-corrected chi connectivity index (χ1v) is 7.60. The summed E-state index contributed by atoms with van der Waals surface area (Å²) in [6.45, 7) is 0. The van der Waals surface area contributed by atoms with Gasteiger partial charge in [0.2, 0.25) is 10.6 Å². The molecule has 24 heavy (non-hydrogen) atoms. The van der Waals surface area contributed by atoms with Crippen molar-refractivity contribution in [2.75, 3.05) is 5.32 Å². The van der Waals surface area contributed by atoms with E-state index in [9.17, 15) is 0 Å². The van der Waals surface area contributed by atoms with Crippen LogP contribution < -0.4 is 5.32 Å². The topological polar surface area (TPSA) is 87.4 Å². The molecule has 0 fully saturated rings. The predicted molar refractivity (Wildman–Crippen MR) is 93.5 cm³/mol. The van der Waals surface area contributed by atoms with Crippen LogP contribution in [0.25, 0.3) is 0 Å². The van der Waals surface area contributed by atoms with Crippen LogP contribution in [-0.4, -0.2) is 19.9 Å². The molecule has 0 spiro atoms. The van der Waals surface area contributed by atoms with Gasteiger partial charge in [0.25, 0.3) is 0 Å². The molecule has 6 nitrogen and oxygen atoms in total. The molecule has 3 aromatic rings. The Hall–Kier alpha value is -2.46. The van der Waals surface area contributed by atoms with Crippen molar-refractivity contribution in [2.45, 2.75) is 0 Å². The highest BCUT2D eigenvalue weighted by molar-refractivity contribution is 6.31. The first-order valence-electron chi connectivity index (χ1n) is 6.47. The average molecular weight is 380 g/mol. The van der Waals surface area contributed by atoms with E-state index in [2.05, 4.69) is 31.3 Å². The highest BCUT2D eigenvalue weighted by Crippen LogP contribution is 2.18. The molecule has 9 heteroatoms. The van der Waals surface area contributed by atoms with E-state index in [4.69, 9.17) is 40.1 Å². The zero-order chi connectivity index (χ0) is 17.4. The first-order chi connectivity index (χ1) is 11.6. The number of halogens is 3. The molecule has 0 aliphatic heterocycles. The minimum Gasteiger partial charge on any atom is -0.339 e. The molecule has 0 saturated carbocycles. The molecule has 120 valence electrons. The van der Waals surface area contributed by atoms with Gasteiger partial charge in [0.15, 0.2) is 0 Å². The van der Waals surface area contributed by atoms with Crippen LogP contribution in [0.3, 0.4) is 0 Å². The largest absolute Gasteiger partial charge is 0.339 e. The van der Waals surface area contributed by atoms with Crippen molar-refractivity contribution in [3.63, 3.8) is 0 Å². The normalized spacial score (nSPS) is 9.42. The second-order valence-corrected chi connectivity index (χ2v) is 5.21. The maximum absolute atomic E-state index is 8.90. The van der Waals surface area contributed by atoms with Crippen LogP contribution in [0.5, 0.6) is 0 Å². The molecule has 0 amide bonds. The Morgan fingerprint density at radius 3 is 2.12 bits per heavy atom.